The fraction of sp³-hybridized carbons (Fsp3) is 0. The quantitative estimate of drug-likeness (QED) is 0.321. The SMILES string of the molecule is c1ccc2nc3c(nc2c1)c1cccnc1n1ccnc31. The Morgan fingerprint density at radius 1 is 0.714 bits per heavy atom. The second-order valence-electron chi connectivity index (χ2n) is 4.90. The van der Waals surface area contributed by atoms with E-state index in [4.69, 9.17) is 9.97 Å². The van der Waals surface area contributed by atoms with Gasteiger partial charge in [-0.1, -0.05) is 12.1 Å². The van der Waals surface area contributed by atoms with Crippen LogP contribution in [0.3, 0.4) is 0 Å². The molecule has 0 aliphatic heterocycles. The molecule has 21 heavy (non-hydrogen) atoms. The molecule has 5 aromatic rings. The molecule has 0 N–H and O–H groups in total. The Balaban J connectivity index is 2.18. The molecule has 0 aliphatic rings. The molecule has 0 atom stereocenters. The molecule has 5 nitrogen and oxygen atoms in total. The molecule has 0 bridgehead atoms. The summed E-state index contributed by atoms with van der Waals surface area (Å²) in [5.41, 5.74) is 5.04. The lowest BCUT2D eigenvalue weighted by Crippen LogP contribution is -1.96. The molecule has 98 valence electrons. The highest BCUT2D eigenvalue weighted by Gasteiger charge is 2.13. The molecule has 4 heterocycles. The van der Waals surface area contributed by atoms with E-state index >= 15 is 0 Å². The Labute approximate surface area is 118 Å². The molecule has 5 heteroatoms. The van der Waals surface area contributed by atoms with Crippen LogP contribution in [0.15, 0.2) is 55.0 Å². The van der Waals surface area contributed by atoms with Gasteiger partial charge in [-0.3, -0.25) is 4.40 Å². The Hall–Kier alpha value is -3.08. The summed E-state index contributed by atoms with van der Waals surface area (Å²) in [5, 5.41) is 0.983. The third-order valence-corrected chi connectivity index (χ3v) is 3.69. The van der Waals surface area contributed by atoms with Crippen molar-refractivity contribution in [1.82, 2.24) is 24.3 Å². The topological polar surface area (TPSA) is 56.0 Å². The number of hydrogen-bond acceptors (Lipinski definition) is 4. The summed E-state index contributed by atoms with van der Waals surface area (Å²) in [6.45, 7) is 0. The number of para-hydroxylation sites is 2. The molecule has 0 aliphatic carbocycles. The summed E-state index contributed by atoms with van der Waals surface area (Å²) in [6.07, 6.45) is 5.45. The lowest BCUT2D eigenvalue weighted by atomic mass is 10.2. The van der Waals surface area contributed by atoms with Crippen molar-refractivity contribution >= 4 is 38.7 Å². The molecule has 1 aromatic carbocycles. The minimum atomic E-state index is 0.787. The fourth-order valence-corrected chi connectivity index (χ4v) is 2.77. The van der Waals surface area contributed by atoms with Crippen LogP contribution < -0.4 is 0 Å². The van der Waals surface area contributed by atoms with Crippen molar-refractivity contribution in [2.24, 2.45) is 0 Å². The Kier molecular flexibility index (Phi) is 1.90. The van der Waals surface area contributed by atoms with Gasteiger partial charge >= 0.3 is 0 Å². The molecular formula is C16H9N5. The molecular weight excluding hydrogens is 262 g/mol. The lowest BCUT2D eigenvalue weighted by Gasteiger charge is -2.07. The number of aromatic nitrogens is 5. The first-order chi connectivity index (χ1) is 10.4. The normalized spacial score (nSPS) is 11.8. The van der Waals surface area contributed by atoms with Crippen molar-refractivity contribution < 1.29 is 0 Å². The average Bonchev–Trinajstić information content (AvgIpc) is 3.03. The van der Waals surface area contributed by atoms with Crippen LogP contribution >= 0.6 is 0 Å². The number of imidazole rings is 1. The number of benzene rings is 1. The smallest absolute Gasteiger partial charge is 0.166 e. The molecule has 0 fully saturated rings. The number of rotatable bonds is 0. The van der Waals surface area contributed by atoms with Gasteiger partial charge in [-0.15, -0.1) is 0 Å². The van der Waals surface area contributed by atoms with E-state index in [0.29, 0.717) is 0 Å². The molecule has 4 aromatic heterocycles. The maximum Gasteiger partial charge on any atom is 0.166 e. The van der Waals surface area contributed by atoms with Gasteiger partial charge in [0.25, 0.3) is 0 Å². The first-order valence-corrected chi connectivity index (χ1v) is 6.68. The van der Waals surface area contributed by atoms with Crippen molar-refractivity contribution in [3.8, 4) is 0 Å². The average molecular weight is 271 g/mol. The highest BCUT2D eigenvalue weighted by atomic mass is 15.1. The first-order valence-electron chi connectivity index (χ1n) is 6.68. The Morgan fingerprint density at radius 2 is 1.48 bits per heavy atom. The van der Waals surface area contributed by atoms with E-state index in [1.165, 1.54) is 0 Å². The third kappa shape index (κ3) is 1.34. The van der Waals surface area contributed by atoms with Crippen LogP contribution in [-0.2, 0) is 0 Å². The van der Waals surface area contributed by atoms with Crippen LogP contribution in [0.4, 0.5) is 0 Å². The minimum absolute atomic E-state index is 0.787. The van der Waals surface area contributed by atoms with E-state index in [9.17, 15) is 0 Å². The van der Waals surface area contributed by atoms with Gasteiger partial charge in [-0.2, -0.15) is 0 Å². The van der Waals surface area contributed by atoms with Gasteiger partial charge in [-0.25, -0.2) is 19.9 Å². The van der Waals surface area contributed by atoms with E-state index in [2.05, 4.69) is 9.97 Å². The van der Waals surface area contributed by atoms with Gasteiger partial charge in [0.1, 0.15) is 16.7 Å². The third-order valence-electron chi connectivity index (χ3n) is 3.69. The van der Waals surface area contributed by atoms with Crippen molar-refractivity contribution in [1.29, 1.82) is 0 Å². The van der Waals surface area contributed by atoms with Crippen LogP contribution in [0.2, 0.25) is 0 Å². The molecule has 0 spiro atoms. The molecule has 0 saturated heterocycles. The van der Waals surface area contributed by atoms with E-state index < -0.39 is 0 Å². The van der Waals surface area contributed by atoms with Crippen LogP contribution in [0, 0.1) is 0 Å². The zero-order valence-corrected chi connectivity index (χ0v) is 10.9. The van der Waals surface area contributed by atoms with Crippen LogP contribution in [0.1, 0.15) is 0 Å². The summed E-state index contributed by atoms with van der Waals surface area (Å²) in [7, 11) is 0. The number of nitrogens with zero attached hydrogens (tertiary/aromatic N) is 5. The fourth-order valence-electron chi connectivity index (χ4n) is 2.77. The second-order valence-corrected chi connectivity index (χ2v) is 4.90. The number of pyridine rings is 2. The molecule has 5 rings (SSSR count). The number of hydrogen-bond donors (Lipinski definition) is 0. The van der Waals surface area contributed by atoms with Gasteiger partial charge < -0.3 is 0 Å². The summed E-state index contributed by atoms with van der Waals surface area (Å²) in [6, 6.07) is 11.8. The predicted molar refractivity (Wildman–Crippen MR) is 81.1 cm³/mol. The van der Waals surface area contributed by atoms with Crippen molar-refractivity contribution in [3.63, 3.8) is 0 Å². The van der Waals surface area contributed by atoms with Gasteiger partial charge in [0, 0.05) is 24.0 Å². The van der Waals surface area contributed by atoms with Crippen molar-refractivity contribution in [2.75, 3.05) is 0 Å². The lowest BCUT2D eigenvalue weighted by molar-refractivity contribution is 1.19. The van der Waals surface area contributed by atoms with Crippen LogP contribution in [0.5, 0.6) is 0 Å². The largest absolute Gasteiger partial charge is 0.282 e. The Morgan fingerprint density at radius 3 is 2.33 bits per heavy atom. The van der Waals surface area contributed by atoms with E-state index in [0.717, 1.165) is 38.7 Å². The van der Waals surface area contributed by atoms with Crippen LogP contribution in [-0.4, -0.2) is 24.3 Å². The van der Waals surface area contributed by atoms with E-state index in [1.807, 2.05) is 47.0 Å². The standard InChI is InChI=1S/C16H9N5/c1-2-6-12-11(5-1)19-13-10-4-3-7-17-15(10)21-9-8-18-16(21)14(13)20-12/h1-9H. The van der Waals surface area contributed by atoms with Crippen LogP contribution in [0.25, 0.3) is 38.7 Å². The van der Waals surface area contributed by atoms with Gasteiger partial charge in [0.15, 0.2) is 5.65 Å². The van der Waals surface area contributed by atoms with Gasteiger partial charge in [0.2, 0.25) is 0 Å². The zero-order chi connectivity index (χ0) is 13.8. The zero-order valence-electron chi connectivity index (χ0n) is 10.9. The highest BCUT2D eigenvalue weighted by molar-refractivity contribution is 6.08. The van der Waals surface area contributed by atoms with Gasteiger partial charge in [-0.05, 0) is 24.3 Å². The summed E-state index contributed by atoms with van der Waals surface area (Å²) < 4.78 is 1.96. The maximum absolute atomic E-state index is 4.78. The van der Waals surface area contributed by atoms with Gasteiger partial charge in [0.05, 0.1) is 11.0 Å². The van der Waals surface area contributed by atoms with Crippen molar-refractivity contribution in [2.45, 2.75) is 0 Å². The predicted octanol–water partition coefficient (Wildman–Crippen LogP) is 2.98. The molecule has 0 amide bonds. The minimum Gasteiger partial charge on any atom is -0.282 e. The molecule has 0 unspecified atom stereocenters. The summed E-state index contributed by atoms with van der Waals surface area (Å²) >= 11 is 0. The Bertz CT molecular complexity index is 1140. The van der Waals surface area contributed by atoms with E-state index in [1.54, 1.807) is 12.4 Å². The summed E-state index contributed by atoms with van der Waals surface area (Å²) in [4.78, 5) is 18.4. The number of fused-ring (bicyclic) bond motifs is 7. The molecule has 0 saturated carbocycles. The van der Waals surface area contributed by atoms with E-state index in [-0.39, 0.29) is 0 Å². The first kappa shape index (κ1) is 10.7. The molecule has 0 radical (unpaired) electrons. The van der Waals surface area contributed by atoms with Crippen molar-refractivity contribution in [3.05, 3.63) is 55.0 Å². The summed E-state index contributed by atoms with van der Waals surface area (Å²) in [5.74, 6) is 0. The maximum atomic E-state index is 4.78. The monoisotopic (exact) mass is 271 g/mol. The second kappa shape index (κ2) is 3.73. The highest BCUT2D eigenvalue weighted by Crippen LogP contribution is 2.26.